The zero-order valence-electron chi connectivity index (χ0n) is 12.1. The molecule has 3 N–H and O–H groups in total. The van der Waals surface area contributed by atoms with Gasteiger partial charge in [-0.25, -0.2) is 10.8 Å². The number of para-hydroxylation sites is 1. The lowest BCUT2D eigenvalue weighted by Crippen LogP contribution is -2.29. The number of amides is 1. The highest BCUT2D eigenvalue weighted by molar-refractivity contribution is 7.13. The molecule has 0 fully saturated rings. The third-order valence-corrected chi connectivity index (χ3v) is 4.08. The molecule has 0 aliphatic carbocycles. The number of ether oxygens (including phenoxy) is 1. The average Bonchev–Trinajstić information content (AvgIpc) is 2.95. The summed E-state index contributed by atoms with van der Waals surface area (Å²) in [4.78, 5) is 16.1. The van der Waals surface area contributed by atoms with Crippen molar-refractivity contribution in [3.05, 3.63) is 45.9 Å². The first-order chi connectivity index (χ1) is 10.1. The molecular weight excluding hydrogens is 286 g/mol. The van der Waals surface area contributed by atoms with E-state index in [1.807, 2.05) is 18.2 Å². The van der Waals surface area contributed by atoms with Gasteiger partial charge in [0, 0.05) is 6.42 Å². The Balaban J connectivity index is 1.93. The van der Waals surface area contributed by atoms with Gasteiger partial charge in [-0.05, 0) is 17.5 Å². The minimum atomic E-state index is -0.315. The number of nitrogens with two attached hydrogens (primary N) is 1. The van der Waals surface area contributed by atoms with Gasteiger partial charge >= 0.3 is 0 Å². The number of hydrogen-bond donors (Lipinski definition) is 2. The van der Waals surface area contributed by atoms with Crippen LogP contribution >= 0.6 is 11.3 Å². The van der Waals surface area contributed by atoms with Gasteiger partial charge in [0.25, 0.3) is 5.91 Å². The molecule has 0 aliphatic heterocycles. The third kappa shape index (κ3) is 4.03. The summed E-state index contributed by atoms with van der Waals surface area (Å²) in [6.07, 6.45) is 2.19. The number of hydrazine groups is 1. The third-order valence-electron chi connectivity index (χ3n) is 3.02. The van der Waals surface area contributed by atoms with Gasteiger partial charge in [0.05, 0.1) is 17.8 Å². The topological polar surface area (TPSA) is 77.2 Å². The standard InChI is InChI=1S/C15H19N3O2S/c1-10(2)11-5-3-4-6-12(11)20-8-7-14-17-9-13(21-14)15(19)18-16/h3-6,9-10H,7-8,16H2,1-2H3,(H,18,19). The zero-order valence-corrected chi connectivity index (χ0v) is 12.9. The van der Waals surface area contributed by atoms with Gasteiger partial charge in [0.2, 0.25) is 0 Å². The Labute approximate surface area is 128 Å². The van der Waals surface area contributed by atoms with E-state index in [1.165, 1.54) is 23.1 Å². The van der Waals surface area contributed by atoms with E-state index in [4.69, 9.17) is 10.6 Å². The van der Waals surface area contributed by atoms with E-state index in [1.54, 1.807) is 0 Å². The molecule has 6 heteroatoms. The van der Waals surface area contributed by atoms with Crippen molar-refractivity contribution in [1.29, 1.82) is 0 Å². The molecule has 1 amide bonds. The van der Waals surface area contributed by atoms with Crippen molar-refractivity contribution in [3.63, 3.8) is 0 Å². The summed E-state index contributed by atoms with van der Waals surface area (Å²) in [6, 6.07) is 8.03. The van der Waals surface area contributed by atoms with Crippen LogP contribution in [0, 0.1) is 0 Å². The van der Waals surface area contributed by atoms with E-state index in [2.05, 4.69) is 30.3 Å². The monoisotopic (exact) mass is 305 g/mol. The number of hydrogen-bond acceptors (Lipinski definition) is 5. The molecule has 0 atom stereocenters. The first-order valence-electron chi connectivity index (χ1n) is 6.79. The van der Waals surface area contributed by atoms with Crippen LogP contribution in [0.25, 0.3) is 0 Å². The number of nitrogen functional groups attached to an aromatic ring is 1. The van der Waals surface area contributed by atoms with Gasteiger partial charge in [-0.3, -0.25) is 10.2 Å². The normalized spacial score (nSPS) is 10.7. The molecule has 0 aliphatic rings. The molecule has 0 bridgehead atoms. The number of carbonyl (C=O) groups excluding carboxylic acids is 1. The van der Waals surface area contributed by atoms with Crippen molar-refractivity contribution in [2.24, 2.45) is 5.84 Å². The Morgan fingerprint density at radius 3 is 2.90 bits per heavy atom. The lowest BCUT2D eigenvalue weighted by Gasteiger charge is -2.13. The maximum Gasteiger partial charge on any atom is 0.276 e. The SMILES string of the molecule is CC(C)c1ccccc1OCCc1ncc(C(=O)NN)s1. The van der Waals surface area contributed by atoms with Crippen LogP contribution < -0.4 is 16.0 Å². The number of rotatable bonds is 6. The van der Waals surface area contributed by atoms with Crippen LogP contribution in [0.5, 0.6) is 5.75 Å². The van der Waals surface area contributed by atoms with Crippen molar-refractivity contribution in [2.75, 3.05) is 6.61 Å². The molecule has 0 saturated heterocycles. The Kier molecular flexibility index (Phi) is 5.30. The Bertz CT molecular complexity index is 610. The quantitative estimate of drug-likeness (QED) is 0.488. The van der Waals surface area contributed by atoms with E-state index in [0.717, 1.165) is 10.8 Å². The lowest BCUT2D eigenvalue weighted by molar-refractivity contribution is 0.0957. The molecule has 0 unspecified atom stereocenters. The summed E-state index contributed by atoms with van der Waals surface area (Å²) >= 11 is 1.33. The van der Waals surface area contributed by atoms with Crippen LogP contribution in [0.3, 0.4) is 0 Å². The van der Waals surface area contributed by atoms with E-state index in [9.17, 15) is 4.79 Å². The van der Waals surface area contributed by atoms with Crippen LogP contribution in [-0.4, -0.2) is 17.5 Å². The molecule has 1 aromatic carbocycles. The molecule has 0 spiro atoms. The van der Waals surface area contributed by atoms with Crippen molar-refractivity contribution in [3.8, 4) is 5.75 Å². The molecule has 2 aromatic rings. The Morgan fingerprint density at radius 2 is 2.19 bits per heavy atom. The minimum absolute atomic E-state index is 0.315. The molecule has 1 heterocycles. The van der Waals surface area contributed by atoms with Crippen molar-refractivity contribution in [2.45, 2.75) is 26.2 Å². The van der Waals surface area contributed by atoms with E-state index >= 15 is 0 Å². The van der Waals surface area contributed by atoms with Gasteiger partial charge in [0.1, 0.15) is 10.6 Å². The average molecular weight is 305 g/mol. The zero-order chi connectivity index (χ0) is 15.2. The van der Waals surface area contributed by atoms with Crippen molar-refractivity contribution in [1.82, 2.24) is 10.4 Å². The predicted molar refractivity (Wildman–Crippen MR) is 83.5 cm³/mol. The Morgan fingerprint density at radius 1 is 1.43 bits per heavy atom. The van der Waals surface area contributed by atoms with E-state index in [-0.39, 0.29) is 5.91 Å². The lowest BCUT2D eigenvalue weighted by atomic mass is 10.0. The molecule has 0 radical (unpaired) electrons. The summed E-state index contributed by atoms with van der Waals surface area (Å²) in [7, 11) is 0. The number of thiazole rings is 1. The fraction of sp³-hybridized carbons (Fsp3) is 0.333. The van der Waals surface area contributed by atoms with Crippen LogP contribution in [0.2, 0.25) is 0 Å². The summed E-state index contributed by atoms with van der Waals surface area (Å²) in [6.45, 7) is 4.81. The number of benzene rings is 1. The largest absolute Gasteiger partial charge is 0.493 e. The van der Waals surface area contributed by atoms with Gasteiger partial charge in [0.15, 0.2) is 0 Å². The number of nitrogens with one attached hydrogen (secondary N) is 1. The highest BCUT2D eigenvalue weighted by Crippen LogP contribution is 2.26. The molecular formula is C15H19N3O2S. The second kappa shape index (κ2) is 7.19. The molecule has 2 rings (SSSR count). The first-order valence-corrected chi connectivity index (χ1v) is 7.61. The first kappa shape index (κ1) is 15.5. The Hall–Kier alpha value is -1.92. The maximum absolute atomic E-state index is 11.3. The van der Waals surface area contributed by atoms with Crippen molar-refractivity contribution < 1.29 is 9.53 Å². The highest BCUT2D eigenvalue weighted by Gasteiger charge is 2.10. The summed E-state index contributed by atoms with van der Waals surface area (Å²) in [5.41, 5.74) is 3.29. The van der Waals surface area contributed by atoms with Crippen LogP contribution in [0.4, 0.5) is 0 Å². The van der Waals surface area contributed by atoms with Gasteiger partial charge < -0.3 is 4.74 Å². The molecule has 5 nitrogen and oxygen atoms in total. The molecule has 112 valence electrons. The van der Waals surface area contributed by atoms with Gasteiger partial charge in [-0.1, -0.05) is 32.0 Å². The second-order valence-corrected chi connectivity index (χ2v) is 6.00. The minimum Gasteiger partial charge on any atom is -0.493 e. The molecule has 21 heavy (non-hydrogen) atoms. The van der Waals surface area contributed by atoms with E-state index in [0.29, 0.717) is 23.8 Å². The van der Waals surface area contributed by atoms with Gasteiger partial charge in [-0.2, -0.15) is 0 Å². The van der Waals surface area contributed by atoms with Crippen molar-refractivity contribution >= 4 is 17.2 Å². The van der Waals surface area contributed by atoms with Crippen LogP contribution in [0.1, 0.15) is 40.0 Å². The van der Waals surface area contributed by atoms with Gasteiger partial charge in [-0.15, -0.1) is 11.3 Å². The molecule has 1 aromatic heterocycles. The van der Waals surface area contributed by atoms with E-state index < -0.39 is 0 Å². The molecule has 0 saturated carbocycles. The number of nitrogens with zero attached hydrogens (tertiary/aromatic N) is 1. The summed E-state index contributed by atoms with van der Waals surface area (Å²) < 4.78 is 5.84. The number of carbonyl (C=O) groups is 1. The highest BCUT2D eigenvalue weighted by atomic mass is 32.1. The van der Waals surface area contributed by atoms with Crippen LogP contribution in [-0.2, 0) is 6.42 Å². The fourth-order valence-corrected chi connectivity index (χ4v) is 2.74. The number of aromatic nitrogens is 1. The summed E-state index contributed by atoms with van der Waals surface area (Å²) in [5.74, 6) is 6.10. The smallest absolute Gasteiger partial charge is 0.276 e. The maximum atomic E-state index is 11.3. The fourth-order valence-electron chi connectivity index (χ4n) is 1.94. The summed E-state index contributed by atoms with van der Waals surface area (Å²) in [5, 5.41) is 0.857. The second-order valence-electron chi connectivity index (χ2n) is 4.88. The predicted octanol–water partition coefficient (Wildman–Crippen LogP) is 2.49. The van der Waals surface area contributed by atoms with Crippen LogP contribution in [0.15, 0.2) is 30.5 Å².